The fraction of sp³-hybridized carbons (Fsp3) is 0.643. The first kappa shape index (κ1) is 14.5. The van der Waals surface area contributed by atoms with E-state index in [1.54, 1.807) is 13.0 Å². The second-order valence-corrected chi connectivity index (χ2v) is 6.86. The molecular weight excluding hydrogens is 262 g/mol. The smallest absolute Gasteiger partial charge is 0.341 e. The lowest BCUT2D eigenvalue weighted by Crippen LogP contribution is -2.32. The van der Waals surface area contributed by atoms with E-state index in [2.05, 4.69) is 12.2 Å². The van der Waals surface area contributed by atoms with E-state index < -0.39 is 0 Å². The van der Waals surface area contributed by atoms with Gasteiger partial charge in [-0.3, -0.25) is 0 Å². The van der Waals surface area contributed by atoms with Crippen molar-refractivity contribution < 1.29 is 13.9 Å². The Morgan fingerprint density at radius 1 is 1.63 bits per heavy atom. The Morgan fingerprint density at radius 2 is 2.42 bits per heavy atom. The highest BCUT2D eigenvalue weighted by molar-refractivity contribution is 8.00. The van der Waals surface area contributed by atoms with Gasteiger partial charge in [-0.25, -0.2) is 4.79 Å². The second kappa shape index (κ2) is 6.01. The van der Waals surface area contributed by atoms with Crippen LogP contribution in [0.2, 0.25) is 0 Å². The number of hydrogen-bond acceptors (Lipinski definition) is 5. The van der Waals surface area contributed by atoms with Crippen LogP contribution in [-0.2, 0) is 11.3 Å². The van der Waals surface area contributed by atoms with Gasteiger partial charge in [-0.2, -0.15) is 11.8 Å². The SMILES string of the molecule is COC(=O)c1cc(CNCC2(C)CCCS2)oc1C. The molecule has 1 fully saturated rings. The van der Waals surface area contributed by atoms with E-state index in [1.807, 2.05) is 11.8 Å². The van der Waals surface area contributed by atoms with Gasteiger partial charge < -0.3 is 14.5 Å². The topological polar surface area (TPSA) is 51.5 Å². The van der Waals surface area contributed by atoms with Crippen LogP contribution >= 0.6 is 11.8 Å². The van der Waals surface area contributed by atoms with E-state index in [0.717, 1.165) is 12.3 Å². The van der Waals surface area contributed by atoms with Crippen LogP contribution < -0.4 is 5.32 Å². The van der Waals surface area contributed by atoms with Crippen LogP contribution in [0.3, 0.4) is 0 Å². The molecule has 1 saturated heterocycles. The second-order valence-electron chi connectivity index (χ2n) is 5.18. The van der Waals surface area contributed by atoms with E-state index in [4.69, 9.17) is 9.15 Å². The third-order valence-electron chi connectivity index (χ3n) is 3.47. The number of carbonyl (C=O) groups excluding carboxylic acids is 1. The summed E-state index contributed by atoms with van der Waals surface area (Å²) >= 11 is 2.03. The number of methoxy groups -OCH3 is 1. The number of thioether (sulfide) groups is 1. The van der Waals surface area contributed by atoms with Crippen LogP contribution in [0.5, 0.6) is 0 Å². The minimum atomic E-state index is -0.342. The van der Waals surface area contributed by atoms with Crippen molar-refractivity contribution in [3.05, 3.63) is 23.2 Å². The summed E-state index contributed by atoms with van der Waals surface area (Å²) in [4.78, 5) is 11.5. The number of nitrogens with one attached hydrogen (secondary N) is 1. The Balaban J connectivity index is 1.88. The van der Waals surface area contributed by atoms with Gasteiger partial charge in [0.25, 0.3) is 0 Å². The Labute approximate surface area is 118 Å². The van der Waals surface area contributed by atoms with Crippen molar-refractivity contribution >= 4 is 17.7 Å². The van der Waals surface area contributed by atoms with Crippen molar-refractivity contribution in [2.75, 3.05) is 19.4 Å². The standard InChI is InChI=1S/C14H21NO3S/c1-10-12(13(16)17-3)7-11(18-10)8-15-9-14(2)5-4-6-19-14/h7,15H,4-6,8-9H2,1-3H3. The minimum Gasteiger partial charge on any atom is -0.465 e. The van der Waals surface area contributed by atoms with Crippen LogP contribution in [-0.4, -0.2) is 30.1 Å². The summed E-state index contributed by atoms with van der Waals surface area (Å²) in [7, 11) is 1.38. The summed E-state index contributed by atoms with van der Waals surface area (Å²) in [6.45, 7) is 5.69. The largest absolute Gasteiger partial charge is 0.465 e. The first-order chi connectivity index (χ1) is 9.04. The van der Waals surface area contributed by atoms with Crippen molar-refractivity contribution in [3.8, 4) is 0 Å². The molecule has 1 atom stereocenters. The Hall–Kier alpha value is -0.940. The van der Waals surface area contributed by atoms with Crippen molar-refractivity contribution in [2.24, 2.45) is 0 Å². The molecule has 2 heterocycles. The molecule has 0 bridgehead atoms. The fourth-order valence-electron chi connectivity index (χ4n) is 2.37. The molecule has 0 saturated carbocycles. The fourth-order valence-corrected chi connectivity index (χ4v) is 3.64. The Kier molecular flexibility index (Phi) is 4.58. The number of carbonyl (C=O) groups is 1. The average molecular weight is 283 g/mol. The first-order valence-electron chi connectivity index (χ1n) is 6.56. The summed E-state index contributed by atoms with van der Waals surface area (Å²) in [5, 5.41) is 3.41. The molecule has 2 rings (SSSR count). The zero-order valence-corrected chi connectivity index (χ0v) is 12.6. The summed E-state index contributed by atoms with van der Waals surface area (Å²) < 4.78 is 10.6. The Bertz CT molecular complexity index is 450. The van der Waals surface area contributed by atoms with Crippen molar-refractivity contribution in [1.82, 2.24) is 5.32 Å². The number of esters is 1. The number of ether oxygens (including phenoxy) is 1. The molecule has 0 amide bonds. The van der Waals surface area contributed by atoms with Gasteiger partial charge in [-0.05, 0) is 38.5 Å². The van der Waals surface area contributed by atoms with Gasteiger partial charge in [0.05, 0.1) is 13.7 Å². The number of furan rings is 1. The van der Waals surface area contributed by atoms with E-state index in [9.17, 15) is 4.79 Å². The highest BCUT2D eigenvalue weighted by Gasteiger charge is 2.28. The number of rotatable bonds is 5. The van der Waals surface area contributed by atoms with Crippen LogP contribution in [0, 0.1) is 6.92 Å². The molecule has 1 aliphatic rings. The predicted molar refractivity (Wildman–Crippen MR) is 76.6 cm³/mol. The molecule has 4 nitrogen and oxygen atoms in total. The molecular formula is C14H21NO3S. The van der Waals surface area contributed by atoms with Gasteiger partial charge in [0, 0.05) is 11.3 Å². The van der Waals surface area contributed by atoms with Crippen LogP contribution in [0.4, 0.5) is 0 Å². The van der Waals surface area contributed by atoms with Crippen LogP contribution in [0.25, 0.3) is 0 Å². The van der Waals surface area contributed by atoms with Gasteiger partial charge in [0.15, 0.2) is 0 Å². The lowest BCUT2D eigenvalue weighted by molar-refractivity contribution is 0.0599. The minimum absolute atomic E-state index is 0.340. The molecule has 0 spiro atoms. The zero-order valence-electron chi connectivity index (χ0n) is 11.7. The molecule has 1 aromatic heterocycles. The van der Waals surface area contributed by atoms with Crippen LogP contribution in [0.1, 0.15) is 41.6 Å². The van der Waals surface area contributed by atoms with Crippen molar-refractivity contribution in [2.45, 2.75) is 38.0 Å². The molecule has 19 heavy (non-hydrogen) atoms. The molecule has 1 aliphatic heterocycles. The third kappa shape index (κ3) is 3.54. The summed E-state index contributed by atoms with van der Waals surface area (Å²) in [5.41, 5.74) is 0.515. The zero-order chi connectivity index (χ0) is 13.9. The Morgan fingerprint density at radius 3 is 3.05 bits per heavy atom. The summed E-state index contributed by atoms with van der Waals surface area (Å²) in [5.74, 6) is 2.31. The monoisotopic (exact) mass is 283 g/mol. The molecule has 1 N–H and O–H groups in total. The van der Waals surface area contributed by atoms with Crippen molar-refractivity contribution in [1.29, 1.82) is 0 Å². The maximum atomic E-state index is 11.5. The van der Waals surface area contributed by atoms with E-state index >= 15 is 0 Å². The van der Waals surface area contributed by atoms with Gasteiger partial charge in [0.2, 0.25) is 0 Å². The van der Waals surface area contributed by atoms with Gasteiger partial charge in [-0.15, -0.1) is 0 Å². The molecule has 0 aliphatic carbocycles. The van der Waals surface area contributed by atoms with E-state index in [1.165, 1.54) is 25.7 Å². The van der Waals surface area contributed by atoms with Gasteiger partial charge >= 0.3 is 5.97 Å². The number of aryl methyl sites for hydroxylation is 1. The maximum Gasteiger partial charge on any atom is 0.341 e. The lowest BCUT2D eigenvalue weighted by Gasteiger charge is -2.22. The molecule has 1 unspecified atom stereocenters. The quantitative estimate of drug-likeness (QED) is 0.842. The molecule has 0 radical (unpaired) electrons. The molecule has 106 valence electrons. The average Bonchev–Trinajstić information content (AvgIpc) is 2.96. The van der Waals surface area contributed by atoms with E-state index in [0.29, 0.717) is 22.6 Å². The van der Waals surface area contributed by atoms with Gasteiger partial charge in [-0.1, -0.05) is 0 Å². The summed E-state index contributed by atoms with van der Waals surface area (Å²) in [6, 6.07) is 1.76. The van der Waals surface area contributed by atoms with Crippen LogP contribution in [0.15, 0.2) is 10.5 Å². The van der Waals surface area contributed by atoms with Gasteiger partial charge in [0.1, 0.15) is 17.1 Å². The molecule has 5 heteroatoms. The van der Waals surface area contributed by atoms with Crippen molar-refractivity contribution in [3.63, 3.8) is 0 Å². The molecule has 1 aromatic rings. The maximum absolute atomic E-state index is 11.5. The molecule has 0 aromatic carbocycles. The summed E-state index contributed by atoms with van der Waals surface area (Å²) in [6.07, 6.45) is 2.56. The predicted octanol–water partition coefficient (Wildman–Crippen LogP) is 2.75. The number of hydrogen-bond donors (Lipinski definition) is 1. The first-order valence-corrected chi connectivity index (χ1v) is 7.55. The lowest BCUT2D eigenvalue weighted by atomic mass is 10.1. The normalized spacial score (nSPS) is 22.7. The highest BCUT2D eigenvalue weighted by atomic mass is 32.2. The highest BCUT2D eigenvalue weighted by Crippen LogP contribution is 2.37. The third-order valence-corrected chi connectivity index (χ3v) is 5.01. The van der Waals surface area contributed by atoms with E-state index in [-0.39, 0.29) is 5.97 Å².